The monoisotopic (exact) mass is 326 g/mol. The van der Waals surface area contributed by atoms with Crippen molar-refractivity contribution in [1.29, 1.82) is 0 Å². The van der Waals surface area contributed by atoms with Gasteiger partial charge in [-0.3, -0.25) is 4.90 Å². The number of nitrogens with zero attached hydrogens (tertiary/aromatic N) is 1. The van der Waals surface area contributed by atoms with E-state index in [1.54, 1.807) is 19.1 Å². The molecule has 0 bridgehead atoms. The Morgan fingerprint density at radius 3 is 2.64 bits per heavy atom. The van der Waals surface area contributed by atoms with Crippen LogP contribution >= 0.6 is 0 Å². The number of benzene rings is 1. The summed E-state index contributed by atoms with van der Waals surface area (Å²) in [7, 11) is -0.135. The highest BCUT2D eigenvalue weighted by molar-refractivity contribution is 7.89. The molecule has 5 nitrogen and oxygen atoms in total. The van der Waals surface area contributed by atoms with E-state index < -0.39 is 15.8 Å². The Bertz CT molecular complexity index is 727. The predicted molar refractivity (Wildman–Crippen MR) is 81.5 cm³/mol. The number of furan rings is 1. The van der Waals surface area contributed by atoms with Gasteiger partial charge in [-0.2, -0.15) is 0 Å². The number of likely N-dealkylation sites (N-methyl/N-ethyl adjacent to an activating group) is 1. The zero-order valence-corrected chi connectivity index (χ0v) is 13.5. The van der Waals surface area contributed by atoms with Crippen LogP contribution in [-0.2, 0) is 10.0 Å². The Hall–Kier alpha value is -1.70. The second-order valence-electron chi connectivity index (χ2n) is 5.26. The summed E-state index contributed by atoms with van der Waals surface area (Å²) < 4.78 is 45.9. The summed E-state index contributed by atoms with van der Waals surface area (Å²) in [5.74, 6) is 0.0739. The van der Waals surface area contributed by atoms with E-state index in [4.69, 9.17) is 4.42 Å². The standard InChI is InChI=1S/C15H19FN2O3S/c1-11-6-7-12(16)9-15(11)22(19,20)17-10-13(18(2)3)14-5-4-8-21-14/h4-9,13,17H,10H2,1-3H3. The fraction of sp³-hybridized carbons (Fsp3) is 0.333. The summed E-state index contributed by atoms with van der Waals surface area (Å²) in [5.41, 5.74) is 0.494. The first-order chi connectivity index (χ1) is 10.3. The van der Waals surface area contributed by atoms with E-state index in [1.807, 2.05) is 19.0 Å². The molecule has 0 radical (unpaired) electrons. The third-order valence-electron chi connectivity index (χ3n) is 3.40. The van der Waals surface area contributed by atoms with Gasteiger partial charge in [-0.1, -0.05) is 6.07 Å². The Labute approximate surface area is 129 Å². The fourth-order valence-corrected chi connectivity index (χ4v) is 3.44. The molecule has 0 aliphatic heterocycles. The van der Waals surface area contributed by atoms with E-state index in [-0.39, 0.29) is 17.5 Å². The molecule has 1 atom stereocenters. The minimum absolute atomic E-state index is 0.0514. The Morgan fingerprint density at radius 2 is 2.05 bits per heavy atom. The average molecular weight is 326 g/mol. The highest BCUT2D eigenvalue weighted by Gasteiger charge is 2.22. The van der Waals surface area contributed by atoms with E-state index in [0.717, 1.165) is 6.07 Å². The van der Waals surface area contributed by atoms with Gasteiger partial charge >= 0.3 is 0 Å². The lowest BCUT2D eigenvalue weighted by atomic mass is 10.2. The normalized spacial score (nSPS) is 13.5. The first-order valence-corrected chi connectivity index (χ1v) is 8.25. The molecule has 1 aromatic heterocycles. The maximum atomic E-state index is 13.3. The molecular formula is C15H19FN2O3S. The van der Waals surface area contributed by atoms with Crippen molar-refractivity contribution in [3.63, 3.8) is 0 Å². The SMILES string of the molecule is Cc1ccc(F)cc1S(=O)(=O)NCC(c1ccco1)N(C)C. The average Bonchev–Trinajstić information content (AvgIpc) is 2.95. The van der Waals surface area contributed by atoms with Crippen LogP contribution in [0.1, 0.15) is 17.4 Å². The molecule has 0 saturated carbocycles. The summed E-state index contributed by atoms with van der Waals surface area (Å²) >= 11 is 0. The molecule has 0 amide bonds. The van der Waals surface area contributed by atoms with Crippen molar-refractivity contribution < 1.29 is 17.2 Å². The smallest absolute Gasteiger partial charge is 0.240 e. The topological polar surface area (TPSA) is 62.6 Å². The Balaban J connectivity index is 2.20. The maximum Gasteiger partial charge on any atom is 0.240 e. The van der Waals surface area contributed by atoms with Crippen molar-refractivity contribution in [2.75, 3.05) is 20.6 Å². The minimum atomic E-state index is -3.79. The van der Waals surface area contributed by atoms with Crippen LogP contribution in [0.5, 0.6) is 0 Å². The van der Waals surface area contributed by atoms with E-state index in [2.05, 4.69) is 4.72 Å². The van der Waals surface area contributed by atoms with Gasteiger partial charge < -0.3 is 4.42 Å². The van der Waals surface area contributed by atoms with Crippen LogP contribution in [0.4, 0.5) is 4.39 Å². The van der Waals surface area contributed by atoms with E-state index in [0.29, 0.717) is 11.3 Å². The lowest BCUT2D eigenvalue weighted by Crippen LogP contribution is -2.34. The first-order valence-electron chi connectivity index (χ1n) is 6.77. The van der Waals surface area contributed by atoms with Gasteiger partial charge in [-0.15, -0.1) is 0 Å². The van der Waals surface area contributed by atoms with Crippen LogP contribution in [0.15, 0.2) is 45.9 Å². The number of hydrogen-bond donors (Lipinski definition) is 1. The van der Waals surface area contributed by atoms with Crippen LogP contribution in [0, 0.1) is 12.7 Å². The number of halogens is 1. The maximum absolute atomic E-state index is 13.3. The molecule has 0 saturated heterocycles. The highest BCUT2D eigenvalue weighted by Crippen LogP contribution is 2.20. The van der Waals surface area contributed by atoms with Crippen LogP contribution in [0.25, 0.3) is 0 Å². The molecular weight excluding hydrogens is 307 g/mol. The minimum Gasteiger partial charge on any atom is -0.468 e. The molecule has 1 heterocycles. The molecule has 0 spiro atoms. The molecule has 2 aromatic rings. The molecule has 7 heteroatoms. The Morgan fingerprint density at radius 1 is 1.32 bits per heavy atom. The van der Waals surface area contributed by atoms with Crippen LogP contribution in [0.2, 0.25) is 0 Å². The van der Waals surface area contributed by atoms with Gasteiger partial charge in [0.25, 0.3) is 0 Å². The number of nitrogens with one attached hydrogen (secondary N) is 1. The van der Waals surface area contributed by atoms with E-state index >= 15 is 0 Å². The molecule has 1 N–H and O–H groups in total. The summed E-state index contributed by atoms with van der Waals surface area (Å²) in [5, 5.41) is 0. The molecule has 0 aliphatic carbocycles. The van der Waals surface area contributed by atoms with Gasteiger partial charge in [0.1, 0.15) is 11.6 Å². The van der Waals surface area contributed by atoms with Crippen LogP contribution < -0.4 is 4.72 Å². The van der Waals surface area contributed by atoms with Gasteiger partial charge in [0.2, 0.25) is 10.0 Å². The van der Waals surface area contributed by atoms with Crippen molar-refractivity contribution >= 4 is 10.0 Å². The van der Waals surface area contributed by atoms with Crippen molar-refractivity contribution in [3.8, 4) is 0 Å². The van der Waals surface area contributed by atoms with Gasteiger partial charge in [0.15, 0.2) is 0 Å². The zero-order chi connectivity index (χ0) is 16.3. The Kier molecular flexibility index (Phi) is 5.00. The van der Waals surface area contributed by atoms with E-state index in [9.17, 15) is 12.8 Å². The van der Waals surface area contributed by atoms with Crippen LogP contribution in [-0.4, -0.2) is 34.0 Å². The molecule has 1 aromatic carbocycles. The van der Waals surface area contributed by atoms with Crippen molar-refractivity contribution in [3.05, 3.63) is 53.7 Å². The summed E-state index contributed by atoms with van der Waals surface area (Å²) in [6.45, 7) is 1.75. The van der Waals surface area contributed by atoms with Gasteiger partial charge in [-0.25, -0.2) is 17.5 Å². The number of aryl methyl sites for hydroxylation is 1. The highest BCUT2D eigenvalue weighted by atomic mass is 32.2. The number of sulfonamides is 1. The van der Waals surface area contributed by atoms with Gasteiger partial charge in [0, 0.05) is 6.54 Å². The zero-order valence-electron chi connectivity index (χ0n) is 12.7. The number of hydrogen-bond acceptors (Lipinski definition) is 4. The van der Waals surface area contributed by atoms with Crippen molar-refractivity contribution in [1.82, 2.24) is 9.62 Å². The fourth-order valence-electron chi connectivity index (χ4n) is 2.15. The number of rotatable bonds is 6. The summed E-state index contributed by atoms with van der Waals surface area (Å²) in [6, 6.07) is 6.98. The lowest BCUT2D eigenvalue weighted by molar-refractivity contribution is 0.259. The third kappa shape index (κ3) is 3.73. The molecule has 120 valence electrons. The summed E-state index contributed by atoms with van der Waals surface area (Å²) in [4.78, 5) is 1.80. The molecule has 0 fully saturated rings. The predicted octanol–water partition coefficient (Wildman–Crippen LogP) is 2.31. The van der Waals surface area contributed by atoms with Gasteiger partial charge in [-0.05, 0) is 50.8 Å². The largest absolute Gasteiger partial charge is 0.468 e. The van der Waals surface area contributed by atoms with Crippen molar-refractivity contribution in [2.24, 2.45) is 0 Å². The third-order valence-corrected chi connectivity index (χ3v) is 4.97. The molecule has 2 rings (SSSR count). The quantitative estimate of drug-likeness (QED) is 0.885. The molecule has 0 aliphatic rings. The summed E-state index contributed by atoms with van der Waals surface area (Å²) in [6.07, 6.45) is 1.54. The molecule has 22 heavy (non-hydrogen) atoms. The second kappa shape index (κ2) is 6.60. The first kappa shape index (κ1) is 16.7. The van der Waals surface area contributed by atoms with E-state index in [1.165, 1.54) is 18.4 Å². The lowest BCUT2D eigenvalue weighted by Gasteiger charge is -2.22. The second-order valence-corrected chi connectivity index (χ2v) is 6.99. The van der Waals surface area contributed by atoms with Gasteiger partial charge in [0.05, 0.1) is 17.2 Å². The van der Waals surface area contributed by atoms with Crippen molar-refractivity contribution in [2.45, 2.75) is 17.9 Å². The molecule has 1 unspecified atom stereocenters. The van der Waals surface area contributed by atoms with Crippen LogP contribution in [0.3, 0.4) is 0 Å².